The highest BCUT2D eigenvalue weighted by molar-refractivity contribution is 6.29. The summed E-state index contributed by atoms with van der Waals surface area (Å²) < 4.78 is 16.2. The van der Waals surface area contributed by atoms with Crippen LogP contribution in [0.15, 0.2) is 42.6 Å². The first-order chi connectivity index (χ1) is 10.2. The average molecular weight is 306 g/mol. The summed E-state index contributed by atoms with van der Waals surface area (Å²) in [5.41, 5.74) is 0.755. The zero-order valence-electron chi connectivity index (χ0n) is 11.0. The third-order valence-electron chi connectivity index (χ3n) is 2.94. The Kier molecular flexibility index (Phi) is 3.92. The number of carbonyl (C=O) groups excluding carboxylic acids is 1. The Morgan fingerprint density at radius 1 is 1.29 bits per heavy atom. The van der Waals surface area contributed by atoms with Gasteiger partial charge in [0, 0.05) is 11.8 Å². The Balaban J connectivity index is 1.58. The predicted octanol–water partition coefficient (Wildman–Crippen LogP) is 2.62. The number of aromatic nitrogens is 1. The molecular weight excluding hydrogens is 294 g/mol. The average Bonchev–Trinajstić information content (AvgIpc) is 2.53. The van der Waals surface area contributed by atoms with Crippen molar-refractivity contribution in [3.8, 4) is 11.5 Å². The molecule has 0 saturated carbocycles. The van der Waals surface area contributed by atoms with Crippen molar-refractivity contribution in [3.63, 3.8) is 0 Å². The lowest BCUT2D eigenvalue weighted by molar-refractivity contribution is -0.155. The first-order valence-electron chi connectivity index (χ1n) is 6.38. The summed E-state index contributed by atoms with van der Waals surface area (Å²) in [7, 11) is 0. The highest BCUT2D eigenvalue weighted by atomic mass is 35.5. The second kappa shape index (κ2) is 6.01. The largest absolute Gasteiger partial charge is 0.485 e. The third kappa shape index (κ3) is 3.25. The molecular formula is C15H12ClNO4. The van der Waals surface area contributed by atoms with E-state index in [-0.39, 0.29) is 13.2 Å². The number of pyridine rings is 1. The first-order valence-corrected chi connectivity index (χ1v) is 6.76. The van der Waals surface area contributed by atoms with Crippen LogP contribution < -0.4 is 9.47 Å². The number of ether oxygens (including phenoxy) is 3. The molecule has 1 aliphatic rings. The third-order valence-corrected chi connectivity index (χ3v) is 3.16. The molecule has 0 amide bonds. The monoisotopic (exact) mass is 305 g/mol. The Morgan fingerprint density at radius 3 is 2.86 bits per heavy atom. The van der Waals surface area contributed by atoms with Gasteiger partial charge in [0.25, 0.3) is 0 Å². The van der Waals surface area contributed by atoms with Gasteiger partial charge in [0.05, 0.1) is 0 Å². The molecule has 1 aromatic carbocycles. The molecule has 0 saturated heterocycles. The standard InChI is InChI=1S/C15H12ClNO4/c16-14-6-5-10(7-17-14)8-20-15(18)13-9-19-11-3-1-2-4-12(11)21-13/h1-7,13H,8-9H2. The van der Waals surface area contributed by atoms with Crippen LogP contribution in [0.3, 0.4) is 0 Å². The zero-order chi connectivity index (χ0) is 14.7. The van der Waals surface area contributed by atoms with Crippen LogP contribution >= 0.6 is 11.6 Å². The molecule has 2 heterocycles. The van der Waals surface area contributed by atoms with E-state index in [2.05, 4.69) is 4.98 Å². The van der Waals surface area contributed by atoms with Crippen molar-refractivity contribution in [2.75, 3.05) is 6.61 Å². The van der Waals surface area contributed by atoms with Crippen molar-refractivity contribution in [1.82, 2.24) is 4.98 Å². The zero-order valence-corrected chi connectivity index (χ0v) is 11.7. The highest BCUT2D eigenvalue weighted by Crippen LogP contribution is 2.31. The van der Waals surface area contributed by atoms with E-state index >= 15 is 0 Å². The van der Waals surface area contributed by atoms with Gasteiger partial charge in [-0.2, -0.15) is 0 Å². The van der Waals surface area contributed by atoms with Gasteiger partial charge in [-0.05, 0) is 18.2 Å². The summed E-state index contributed by atoms with van der Waals surface area (Å²) in [6.45, 7) is 0.249. The fourth-order valence-corrected chi connectivity index (χ4v) is 1.99. The van der Waals surface area contributed by atoms with Crippen LogP contribution in [-0.4, -0.2) is 23.7 Å². The summed E-state index contributed by atoms with van der Waals surface area (Å²) in [5.74, 6) is 0.696. The van der Waals surface area contributed by atoms with Crippen molar-refractivity contribution in [2.45, 2.75) is 12.7 Å². The number of para-hydroxylation sites is 2. The van der Waals surface area contributed by atoms with E-state index in [0.717, 1.165) is 5.56 Å². The van der Waals surface area contributed by atoms with Gasteiger partial charge in [-0.25, -0.2) is 9.78 Å². The van der Waals surface area contributed by atoms with E-state index in [0.29, 0.717) is 16.7 Å². The molecule has 1 aromatic heterocycles. The Hall–Kier alpha value is -2.27. The number of hydrogen-bond donors (Lipinski definition) is 0. The van der Waals surface area contributed by atoms with Crippen LogP contribution in [0.2, 0.25) is 5.15 Å². The number of benzene rings is 1. The predicted molar refractivity (Wildman–Crippen MR) is 75.4 cm³/mol. The van der Waals surface area contributed by atoms with Crippen molar-refractivity contribution in [3.05, 3.63) is 53.3 Å². The molecule has 1 unspecified atom stereocenters. The molecule has 1 aliphatic heterocycles. The summed E-state index contributed by atoms with van der Waals surface area (Å²) in [6.07, 6.45) is 0.795. The summed E-state index contributed by atoms with van der Waals surface area (Å²) in [5, 5.41) is 0.394. The minimum absolute atomic E-state index is 0.116. The molecule has 1 atom stereocenters. The molecule has 2 aromatic rings. The van der Waals surface area contributed by atoms with Crippen LogP contribution in [0.1, 0.15) is 5.56 Å². The fraction of sp³-hybridized carbons (Fsp3) is 0.200. The van der Waals surface area contributed by atoms with Gasteiger partial charge in [-0.3, -0.25) is 0 Å². The van der Waals surface area contributed by atoms with Crippen LogP contribution in [-0.2, 0) is 16.1 Å². The fourth-order valence-electron chi connectivity index (χ4n) is 1.87. The van der Waals surface area contributed by atoms with Crippen molar-refractivity contribution in [2.24, 2.45) is 0 Å². The molecule has 6 heteroatoms. The Morgan fingerprint density at radius 2 is 2.10 bits per heavy atom. The second-order valence-corrected chi connectivity index (χ2v) is 4.85. The van der Waals surface area contributed by atoms with E-state index in [1.165, 1.54) is 0 Å². The lowest BCUT2D eigenvalue weighted by Gasteiger charge is -2.24. The number of rotatable bonds is 3. The number of esters is 1. The van der Waals surface area contributed by atoms with Crippen molar-refractivity contribution in [1.29, 1.82) is 0 Å². The molecule has 108 valence electrons. The van der Waals surface area contributed by atoms with Crippen molar-refractivity contribution < 1.29 is 19.0 Å². The number of fused-ring (bicyclic) bond motifs is 1. The van der Waals surface area contributed by atoms with Gasteiger partial charge in [-0.15, -0.1) is 0 Å². The maximum Gasteiger partial charge on any atom is 0.351 e. The smallest absolute Gasteiger partial charge is 0.351 e. The maximum absolute atomic E-state index is 12.0. The van der Waals surface area contributed by atoms with Crippen LogP contribution in [0.5, 0.6) is 11.5 Å². The molecule has 5 nitrogen and oxygen atoms in total. The van der Waals surface area contributed by atoms with Crippen LogP contribution in [0.4, 0.5) is 0 Å². The molecule has 0 radical (unpaired) electrons. The van der Waals surface area contributed by atoms with E-state index in [9.17, 15) is 4.79 Å². The van der Waals surface area contributed by atoms with E-state index in [1.54, 1.807) is 30.5 Å². The van der Waals surface area contributed by atoms with Crippen LogP contribution in [0, 0.1) is 0 Å². The van der Waals surface area contributed by atoms with Crippen molar-refractivity contribution >= 4 is 17.6 Å². The molecule has 0 spiro atoms. The van der Waals surface area contributed by atoms with E-state index < -0.39 is 12.1 Å². The van der Waals surface area contributed by atoms with Gasteiger partial charge in [-0.1, -0.05) is 29.8 Å². The number of nitrogens with zero attached hydrogens (tertiary/aromatic N) is 1. The lowest BCUT2D eigenvalue weighted by Crippen LogP contribution is -2.37. The Bertz CT molecular complexity index is 644. The molecule has 0 N–H and O–H groups in total. The number of hydrogen-bond acceptors (Lipinski definition) is 5. The molecule has 21 heavy (non-hydrogen) atoms. The minimum atomic E-state index is -0.764. The first kappa shape index (κ1) is 13.7. The number of halogens is 1. The van der Waals surface area contributed by atoms with E-state index in [4.69, 9.17) is 25.8 Å². The second-order valence-electron chi connectivity index (χ2n) is 4.46. The van der Waals surface area contributed by atoms with Crippen LogP contribution in [0.25, 0.3) is 0 Å². The molecule has 0 aliphatic carbocycles. The molecule has 3 rings (SSSR count). The summed E-state index contributed by atoms with van der Waals surface area (Å²) >= 11 is 5.69. The number of carbonyl (C=O) groups is 1. The highest BCUT2D eigenvalue weighted by Gasteiger charge is 2.28. The SMILES string of the molecule is O=C(OCc1ccc(Cl)nc1)C1COc2ccccc2O1. The van der Waals surface area contributed by atoms with Gasteiger partial charge in [0.15, 0.2) is 11.5 Å². The summed E-state index contributed by atoms with van der Waals surface area (Å²) in [6, 6.07) is 10.6. The minimum Gasteiger partial charge on any atom is -0.485 e. The van der Waals surface area contributed by atoms with E-state index in [1.807, 2.05) is 12.1 Å². The van der Waals surface area contributed by atoms with Gasteiger partial charge < -0.3 is 14.2 Å². The maximum atomic E-state index is 12.0. The lowest BCUT2D eigenvalue weighted by atomic mass is 10.2. The quantitative estimate of drug-likeness (QED) is 0.644. The molecule has 0 bridgehead atoms. The summed E-state index contributed by atoms with van der Waals surface area (Å²) in [4.78, 5) is 15.9. The van der Waals surface area contributed by atoms with Gasteiger partial charge in [0.1, 0.15) is 18.4 Å². The normalized spacial score (nSPS) is 16.3. The Labute approximate surface area is 126 Å². The van der Waals surface area contributed by atoms with Gasteiger partial charge >= 0.3 is 5.97 Å². The molecule has 0 fully saturated rings. The van der Waals surface area contributed by atoms with Gasteiger partial charge in [0.2, 0.25) is 6.10 Å². The topological polar surface area (TPSA) is 57.7 Å².